The molecule has 4 nitrogen and oxygen atoms in total. The highest BCUT2D eigenvalue weighted by Crippen LogP contribution is 2.19. The molecule has 0 amide bonds. The predicted octanol–water partition coefficient (Wildman–Crippen LogP) is 2.58. The number of halogens is 2. The Morgan fingerprint density at radius 2 is 1.81 bits per heavy atom. The van der Waals surface area contributed by atoms with E-state index in [1.54, 1.807) is 12.1 Å². The molecule has 0 bridgehead atoms. The number of nitrogen functional groups attached to an aromatic ring is 1. The van der Waals surface area contributed by atoms with Crippen LogP contribution in [0.15, 0.2) is 47.4 Å². The zero-order valence-electron chi connectivity index (χ0n) is 11.0. The fraction of sp³-hybridized carbons (Fsp3) is 0.143. The van der Waals surface area contributed by atoms with Crippen LogP contribution < -0.4 is 10.5 Å². The molecule has 0 spiro atoms. The Labute approximate surface area is 127 Å². The van der Waals surface area contributed by atoms with Crippen molar-refractivity contribution in [2.75, 3.05) is 12.3 Å². The van der Waals surface area contributed by atoms with E-state index in [1.165, 1.54) is 0 Å². The van der Waals surface area contributed by atoms with Crippen LogP contribution in [-0.4, -0.2) is 15.0 Å². The topological polar surface area (TPSA) is 72.2 Å². The van der Waals surface area contributed by atoms with E-state index in [0.29, 0.717) is 11.4 Å². The first-order valence-corrected chi connectivity index (χ1v) is 8.04. The van der Waals surface area contributed by atoms with Crippen molar-refractivity contribution in [1.82, 2.24) is 4.72 Å². The predicted molar refractivity (Wildman–Crippen MR) is 81.2 cm³/mol. The van der Waals surface area contributed by atoms with Crippen molar-refractivity contribution in [1.29, 1.82) is 0 Å². The summed E-state index contributed by atoms with van der Waals surface area (Å²) in [7, 11) is -3.75. The van der Waals surface area contributed by atoms with Gasteiger partial charge in [0.2, 0.25) is 10.0 Å². The zero-order chi connectivity index (χ0) is 15.5. The average molecular weight is 329 g/mol. The summed E-state index contributed by atoms with van der Waals surface area (Å²) < 4.78 is 39.5. The number of rotatable bonds is 5. The monoisotopic (exact) mass is 328 g/mol. The standard InChI is InChI=1S/C14H14ClFN2O2S/c15-11-3-1-10(2-4-11)7-8-18-21(19,20)14-6-5-12(16)9-13(14)17/h1-6,9,18H,7-8,17H2. The third kappa shape index (κ3) is 4.17. The molecule has 2 aromatic rings. The van der Waals surface area contributed by atoms with E-state index in [1.807, 2.05) is 12.1 Å². The first-order valence-electron chi connectivity index (χ1n) is 6.17. The number of nitrogens with two attached hydrogens (primary N) is 1. The van der Waals surface area contributed by atoms with Gasteiger partial charge < -0.3 is 5.73 Å². The van der Waals surface area contributed by atoms with E-state index in [4.69, 9.17) is 17.3 Å². The number of nitrogens with one attached hydrogen (secondary N) is 1. The van der Waals surface area contributed by atoms with Crippen molar-refractivity contribution >= 4 is 27.3 Å². The van der Waals surface area contributed by atoms with Crippen LogP contribution in [0.25, 0.3) is 0 Å². The van der Waals surface area contributed by atoms with Gasteiger partial charge in [-0.25, -0.2) is 17.5 Å². The van der Waals surface area contributed by atoms with E-state index >= 15 is 0 Å². The van der Waals surface area contributed by atoms with Crippen LogP contribution in [0.2, 0.25) is 5.02 Å². The van der Waals surface area contributed by atoms with Crippen LogP contribution >= 0.6 is 11.6 Å². The van der Waals surface area contributed by atoms with Crippen molar-refractivity contribution in [2.45, 2.75) is 11.3 Å². The number of anilines is 1. The van der Waals surface area contributed by atoms with Gasteiger partial charge in [0.05, 0.1) is 5.69 Å². The maximum absolute atomic E-state index is 12.9. The summed E-state index contributed by atoms with van der Waals surface area (Å²) in [5.41, 5.74) is 6.37. The molecular weight excluding hydrogens is 315 g/mol. The molecule has 21 heavy (non-hydrogen) atoms. The summed E-state index contributed by atoms with van der Waals surface area (Å²) >= 11 is 5.77. The molecule has 7 heteroatoms. The van der Waals surface area contributed by atoms with Gasteiger partial charge in [-0.15, -0.1) is 0 Å². The first kappa shape index (κ1) is 15.8. The minimum atomic E-state index is -3.75. The molecule has 2 aromatic carbocycles. The van der Waals surface area contributed by atoms with Crippen LogP contribution in [-0.2, 0) is 16.4 Å². The molecule has 0 saturated carbocycles. The van der Waals surface area contributed by atoms with Gasteiger partial charge in [0.1, 0.15) is 10.7 Å². The molecule has 0 saturated heterocycles. The van der Waals surface area contributed by atoms with E-state index in [0.717, 1.165) is 23.8 Å². The minimum Gasteiger partial charge on any atom is -0.398 e. The lowest BCUT2D eigenvalue weighted by Gasteiger charge is -2.09. The maximum atomic E-state index is 12.9. The summed E-state index contributed by atoms with van der Waals surface area (Å²) in [6.07, 6.45) is 0.511. The fourth-order valence-electron chi connectivity index (χ4n) is 1.82. The largest absolute Gasteiger partial charge is 0.398 e. The van der Waals surface area contributed by atoms with E-state index in [9.17, 15) is 12.8 Å². The van der Waals surface area contributed by atoms with Crippen molar-refractivity contribution in [3.63, 3.8) is 0 Å². The molecule has 0 aliphatic rings. The van der Waals surface area contributed by atoms with Gasteiger partial charge in [0, 0.05) is 11.6 Å². The molecule has 3 N–H and O–H groups in total. The molecular formula is C14H14ClFN2O2S. The Hall–Kier alpha value is -1.63. The highest BCUT2D eigenvalue weighted by atomic mass is 35.5. The smallest absolute Gasteiger partial charge is 0.242 e. The summed E-state index contributed by atoms with van der Waals surface area (Å²) in [6, 6.07) is 10.3. The van der Waals surface area contributed by atoms with Crippen molar-refractivity contribution in [2.24, 2.45) is 0 Å². The molecule has 0 fully saturated rings. The zero-order valence-corrected chi connectivity index (χ0v) is 12.6. The fourth-order valence-corrected chi connectivity index (χ4v) is 3.09. The van der Waals surface area contributed by atoms with Crippen LogP contribution in [0.4, 0.5) is 10.1 Å². The van der Waals surface area contributed by atoms with Crippen molar-refractivity contribution in [3.05, 3.63) is 58.9 Å². The van der Waals surface area contributed by atoms with Gasteiger partial charge in [-0.1, -0.05) is 23.7 Å². The molecule has 0 aliphatic carbocycles. The molecule has 2 rings (SSSR count). The number of hydrogen-bond acceptors (Lipinski definition) is 3. The van der Waals surface area contributed by atoms with Gasteiger partial charge in [-0.05, 0) is 42.3 Å². The average Bonchev–Trinajstić information content (AvgIpc) is 2.40. The Morgan fingerprint density at radius 3 is 2.43 bits per heavy atom. The van der Waals surface area contributed by atoms with Crippen LogP contribution in [0, 0.1) is 5.82 Å². The Balaban J connectivity index is 2.03. The van der Waals surface area contributed by atoms with Gasteiger partial charge in [-0.3, -0.25) is 0 Å². The van der Waals surface area contributed by atoms with Gasteiger partial charge in [0.25, 0.3) is 0 Å². The number of sulfonamides is 1. The Morgan fingerprint density at radius 1 is 1.14 bits per heavy atom. The van der Waals surface area contributed by atoms with Gasteiger partial charge in [-0.2, -0.15) is 0 Å². The number of hydrogen-bond donors (Lipinski definition) is 2. The number of benzene rings is 2. The van der Waals surface area contributed by atoms with Crippen molar-refractivity contribution < 1.29 is 12.8 Å². The van der Waals surface area contributed by atoms with E-state index in [-0.39, 0.29) is 17.1 Å². The second-order valence-corrected chi connectivity index (χ2v) is 6.63. The molecule has 0 aromatic heterocycles. The highest BCUT2D eigenvalue weighted by molar-refractivity contribution is 7.89. The molecule has 0 radical (unpaired) electrons. The van der Waals surface area contributed by atoms with Crippen LogP contribution in [0.1, 0.15) is 5.56 Å². The molecule has 0 aliphatic heterocycles. The normalized spacial score (nSPS) is 11.5. The lowest BCUT2D eigenvalue weighted by atomic mass is 10.2. The van der Waals surface area contributed by atoms with Crippen LogP contribution in [0.3, 0.4) is 0 Å². The first-order chi connectivity index (χ1) is 9.88. The van der Waals surface area contributed by atoms with Gasteiger partial charge in [0.15, 0.2) is 0 Å². The molecule has 0 heterocycles. The van der Waals surface area contributed by atoms with E-state index < -0.39 is 15.8 Å². The Kier molecular flexibility index (Phi) is 4.82. The lowest BCUT2D eigenvalue weighted by molar-refractivity contribution is 0.581. The maximum Gasteiger partial charge on any atom is 0.242 e. The SMILES string of the molecule is Nc1cc(F)ccc1S(=O)(=O)NCCc1ccc(Cl)cc1. The highest BCUT2D eigenvalue weighted by Gasteiger charge is 2.17. The Bertz CT molecular complexity index is 733. The molecule has 112 valence electrons. The lowest BCUT2D eigenvalue weighted by Crippen LogP contribution is -2.26. The summed E-state index contributed by atoms with van der Waals surface area (Å²) in [4.78, 5) is -0.125. The summed E-state index contributed by atoms with van der Waals surface area (Å²) in [6.45, 7) is 0.209. The second kappa shape index (κ2) is 6.43. The minimum absolute atomic E-state index is 0.117. The van der Waals surface area contributed by atoms with Gasteiger partial charge >= 0.3 is 0 Å². The van der Waals surface area contributed by atoms with Crippen molar-refractivity contribution in [3.8, 4) is 0 Å². The quantitative estimate of drug-likeness (QED) is 0.829. The van der Waals surface area contributed by atoms with Crippen LogP contribution in [0.5, 0.6) is 0 Å². The van der Waals surface area contributed by atoms with E-state index in [2.05, 4.69) is 4.72 Å². The second-order valence-electron chi connectivity index (χ2n) is 4.46. The summed E-state index contributed by atoms with van der Waals surface area (Å²) in [5, 5.41) is 0.624. The molecule has 0 unspecified atom stereocenters. The third-order valence-corrected chi connectivity index (χ3v) is 4.67. The molecule has 0 atom stereocenters. The third-order valence-electron chi connectivity index (χ3n) is 2.88. The summed E-state index contributed by atoms with van der Waals surface area (Å²) in [5.74, 6) is -0.576.